The topological polar surface area (TPSA) is 108 Å². The van der Waals surface area contributed by atoms with Gasteiger partial charge in [-0.25, -0.2) is 8.42 Å². The number of benzene rings is 2. The predicted octanol–water partition coefficient (Wildman–Crippen LogP) is 4.72. The highest BCUT2D eigenvalue weighted by atomic mass is 35.5. The summed E-state index contributed by atoms with van der Waals surface area (Å²) >= 11 is 6.44. The lowest BCUT2D eigenvalue weighted by Gasteiger charge is -2.37. The van der Waals surface area contributed by atoms with Crippen LogP contribution in [0.4, 0.5) is 18.9 Å². The molecule has 2 saturated heterocycles. The molecule has 4 bridgehead atoms. The van der Waals surface area contributed by atoms with Gasteiger partial charge in [0, 0.05) is 25.0 Å². The smallest absolute Gasteiger partial charge is 0.376 e. The highest BCUT2D eigenvalue weighted by molar-refractivity contribution is 7.92. The Morgan fingerprint density at radius 3 is 2.52 bits per heavy atom. The molecule has 46 heavy (non-hydrogen) atoms. The van der Waals surface area contributed by atoms with Crippen LogP contribution in [0, 0.1) is 16.7 Å². The third kappa shape index (κ3) is 6.92. The van der Waals surface area contributed by atoms with Crippen LogP contribution in [0.1, 0.15) is 42.6 Å². The van der Waals surface area contributed by atoms with Crippen LogP contribution in [-0.2, 0) is 25.7 Å². The molecule has 0 radical (unpaired) electrons. The molecule has 2 amide bonds. The summed E-state index contributed by atoms with van der Waals surface area (Å²) in [6, 6.07) is 7.75. The summed E-state index contributed by atoms with van der Waals surface area (Å²) < 4.78 is 75.8. The van der Waals surface area contributed by atoms with Gasteiger partial charge in [0.1, 0.15) is 0 Å². The van der Waals surface area contributed by atoms with Crippen molar-refractivity contribution in [1.82, 2.24) is 15.5 Å². The molecular formula is C32H38ClF3N4O5S. The van der Waals surface area contributed by atoms with Gasteiger partial charge in [-0.15, -0.1) is 0 Å². The first-order valence-electron chi connectivity index (χ1n) is 15.2. The molecule has 2 N–H and O–H groups in total. The molecule has 2 aromatic carbocycles. The monoisotopic (exact) mass is 682 g/mol. The van der Waals surface area contributed by atoms with Gasteiger partial charge in [0.25, 0.3) is 15.9 Å². The number of nitrogens with one attached hydrogen (secondary N) is 2. The summed E-state index contributed by atoms with van der Waals surface area (Å²) in [6.07, 6.45) is -0.514. The number of amides is 2. The molecule has 250 valence electrons. The van der Waals surface area contributed by atoms with Crippen molar-refractivity contribution in [2.24, 2.45) is 16.7 Å². The zero-order valence-electron chi connectivity index (χ0n) is 25.7. The van der Waals surface area contributed by atoms with E-state index in [1.54, 1.807) is 11.0 Å². The first-order valence-corrected chi connectivity index (χ1v) is 17.0. The van der Waals surface area contributed by atoms with Gasteiger partial charge in [-0.2, -0.15) is 13.2 Å². The molecule has 0 aliphatic carbocycles. The molecule has 0 unspecified atom stereocenters. The maximum atomic E-state index is 14.1. The highest BCUT2D eigenvalue weighted by Gasteiger charge is 2.45. The number of anilines is 1. The van der Waals surface area contributed by atoms with Gasteiger partial charge in [0.15, 0.2) is 0 Å². The fraction of sp³-hybridized carbons (Fsp3) is 0.500. The van der Waals surface area contributed by atoms with E-state index in [1.165, 1.54) is 30.3 Å². The third-order valence-corrected chi connectivity index (χ3v) is 11.6. The lowest BCUT2D eigenvalue weighted by molar-refractivity contribution is -0.138. The van der Waals surface area contributed by atoms with Crippen molar-refractivity contribution in [1.29, 1.82) is 0 Å². The van der Waals surface area contributed by atoms with Crippen LogP contribution in [0.15, 0.2) is 59.5 Å². The van der Waals surface area contributed by atoms with Crippen LogP contribution in [0.3, 0.4) is 0 Å². The van der Waals surface area contributed by atoms with E-state index in [9.17, 15) is 31.2 Å². The van der Waals surface area contributed by atoms with Gasteiger partial charge in [-0.05, 0) is 68.2 Å². The van der Waals surface area contributed by atoms with E-state index in [2.05, 4.69) is 10.6 Å². The molecule has 1 spiro atoms. The first kappa shape index (κ1) is 34.2. The SMILES string of the molecule is C[C@@H]1CN2C[C@@]1(C)CNC(=O)C1(CCNCC1)COC/C=C\CN(c1cccc(C(F)(F)F)c1)S(=O)(=O)c1ccc(Cl)c(c1)C2=O. The minimum Gasteiger partial charge on any atom is -0.376 e. The number of rotatable bonds is 1. The second kappa shape index (κ2) is 13.2. The van der Waals surface area contributed by atoms with Crippen molar-refractivity contribution in [3.05, 3.63) is 70.8 Å². The largest absolute Gasteiger partial charge is 0.416 e. The lowest BCUT2D eigenvalue weighted by Crippen LogP contribution is -2.52. The van der Waals surface area contributed by atoms with E-state index in [1.807, 2.05) is 13.8 Å². The number of hydrogen-bond donors (Lipinski definition) is 2. The summed E-state index contributed by atoms with van der Waals surface area (Å²) in [5.41, 5.74) is -2.49. The number of fused-ring (bicyclic) bond motifs is 4. The normalized spacial score (nSPS) is 26.6. The molecular weight excluding hydrogens is 645 g/mol. The van der Waals surface area contributed by atoms with Gasteiger partial charge in [-0.3, -0.25) is 13.9 Å². The van der Waals surface area contributed by atoms with Crippen molar-refractivity contribution in [3.63, 3.8) is 0 Å². The lowest BCUT2D eigenvalue weighted by atomic mass is 9.77. The van der Waals surface area contributed by atoms with Gasteiger partial charge >= 0.3 is 6.18 Å². The Kier molecular flexibility index (Phi) is 9.80. The second-order valence-electron chi connectivity index (χ2n) is 12.7. The number of hydrogen-bond acceptors (Lipinski definition) is 6. The number of sulfonamides is 1. The van der Waals surface area contributed by atoms with Crippen molar-refractivity contribution in [2.75, 3.05) is 56.8 Å². The third-order valence-electron chi connectivity index (χ3n) is 9.47. The van der Waals surface area contributed by atoms with Crippen LogP contribution in [0.2, 0.25) is 5.02 Å². The molecule has 9 nitrogen and oxygen atoms in total. The quantitative estimate of drug-likeness (QED) is 0.422. The predicted molar refractivity (Wildman–Crippen MR) is 168 cm³/mol. The minimum absolute atomic E-state index is 0.00482. The summed E-state index contributed by atoms with van der Waals surface area (Å²) in [4.78, 5) is 28.8. The molecule has 2 atom stereocenters. The number of ether oxygens (including phenoxy) is 1. The highest BCUT2D eigenvalue weighted by Crippen LogP contribution is 2.38. The summed E-state index contributed by atoms with van der Waals surface area (Å²) in [5, 5.41) is 6.46. The van der Waals surface area contributed by atoms with E-state index in [-0.39, 0.29) is 52.8 Å². The van der Waals surface area contributed by atoms with Crippen LogP contribution in [0.25, 0.3) is 0 Å². The summed E-state index contributed by atoms with van der Waals surface area (Å²) in [5.74, 6) is -0.600. The van der Waals surface area contributed by atoms with E-state index < -0.39 is 38.5 Å². The van der Waals surface area contributed by atoms with Crippen LogP contribution < -0.4 is 14.9 Å². The van der Waals surface area contributed by atoms with E-state index in [0.29, 0.717) is 45.6 Å². The maximum Gasteiger partial charge on any atom is 0.416 e. The zero-order valence-corrected chi connectivity index (χ0v) is 27.3. The molecule has 3 aliphatic rings. The van der Waals surface area contributed by atoms with Gasteiger partial charge in [0.2, 0.25) is 5.91 Å². The van der Waals surface area contributed by atoms with Crippen molar-refractivity contribution >= 4 is 39.1 Å². The van der Waals surface area contributed by atoms with E-state index in [0.717, 1.165) is 22.5 Å². The average molecular weight is 683 g/mol. The van der Waals surface area contributed by atoms with E-state index in [4.69, 9.17) is 16.3 Å². The van der Waals surface area contributed by atoms with Crippen molar-refractivity contribution in [2.45, 2.75) is 37.8 Å². The molecule has 14 heteroatoms. The zero-order chi connectivity index (χ0) is 33.3. The van der Waals surface area contributed by atoms with Gasteiger partial charge in [-0.1, -0.05) is 43.7 Å². The Hall–Kier alpha value is -3.13. The van der Waals surface area contributed by atoms with Crippen molar-refractivity contribution in [3.8, 4) is 0 Å². The van der Waals surface area contributed by atoms with E-state index >= 15 is 0 Å². The Balaban J connectivity index is 1.56. The number of carbonyl (C=O) groups is 2. The fourth-order valence-electron chi connectivity index (χ4n) is 6.27. The number of alkyl halides is 3. The first-order chi connectivity index (χ1) is 21.7. The Bertz CT molecular complexity index is 1610. The Morgan fingerprint density at radius 2 is 1.80 bits per heavy atom. The Labute approximate surface area is 272 Å². The van der Waals surface area contributed by atoms with Crippen LogP contribution in [0.5, 0.6) is 0 Å². The van der Waals surface area contributed by atoms with Crippen LogP contribution in [-0.4, -0.2) is 77.6 Å². The second-order valence-corrected chi connectivity index (χ2v) is 14.9. The molecule has 0 aromatic heterocycles. The number of halogens is 4. The summed E-state index contributed by atoms with van der Waals surface area (Å²) in [6.45, 7) is 6.15. The molecule has 5 rings (SSSR count). The summed E-state index contributed by atoms with van der Waals surface area (Å²) in [7, 11) is -4.48. The van der Waals surface area contributed by atoms with Crippen LogP contribution >= 0.6 is 11.6 Å². The fourth-order valence-corrected chi connectivity index (χ4v) is 7.90. The average Bonchev–Trinajstić information content (AvgIpc) is 3.32. The molecule has 0 saturated carbocycles. The number of nitrogens with zero attached hydrogens (tertiary/aromatic N) is 2. The van der Waals surface area contributed by atoms with Gasteiger partial charge in [0.05, 0.1) is 51.9 Å². The molecule has 3 heterocycles. The maximum absolute atomic E-state index is 14.1. The number of carbonyl (C=O) groups excluding carboxylic acids is 2. The number of piperidine rings is 1. The minimum atomic E-state index is -4.70. The molecule has 2 aromatic rings. The van der Waals surface area contributed by atoms with Crippen molar-refractivity contribution < 1.29 is 35.9 Å². The van der Waals surface area contributed by atoms with Gasteiger partial charge < -0.3 is 20.3 Å². The molecule has 3 aliphatic heterocycles. The molecule has 2 fully saturated rings. The Morgan fingerprint density at radius 1 is 1.07 bits per heavy atom. The standard InChI is InChI=1S/C32H38ClF3N4O5S/c1-22-18-39-20-30(22,2)19-38-29(42)31(10-12-37-13-11-31)21-45-15-4-3-14-40(24-7-5-6-23(16-24)32(34,35)36)46(43,44)25-8-9-27(33)26(17-25)28(39)41/h3-9,16-17,22,37H,10-15,18-21H2,1-2H3,(H,38,42)/b4-3-/t22-,30-/m1/s1.